The first kappa shape index (κ1) is 8.10. The highest BCUT2D eigenvalue weighted by Crippen LogP contribution is 2.22. The molecule has 1 aromatic heterocycles. The third kappa shape index (κ3) is 1.16. The minimum atomic E-state index is 0.0926. The molecule has 0 amide bonds. The largest absolute Gasteiger partial charge is 0.384 e. The standard InChI is InChI=1S/C8H13N5/c1-12-3-2-4-13-8(12)6(5-11-13)7(9)10/h5H,2-4H2,1H3,(H3,9,10). The fraction of sp³-hybridized carbons (Fsp3) is 0.500. The highest BCUT2D eigenvalue weighted by atomic mass is 15.4. The first-order chi connectivity index (χ1) is 6.20. The number of nitrogens with two attached hydrogens (primary N) is 1. The van der Waals surface area contributed by atoms with E-state index in [2.05, 4.69) is 10.00 Å². The summed E-state index contributed by atoms with van der Waals surface area (Å²) < 4.78 is 1.90. The molecule has 70 valence electrons. The monoisotopic (exact) mass is 179 g/mol. The number of nitrogens with one attached hydrogen (secondary N) is 1. The Hall–Kier alpha value is -1.52. The summed E-state index contributed by atoms with van der Waals surface area (Å²) in [5, 5.41) is 11.6. The summed E-state index contributed by atoms with van der Waals surface area (Å²) in [4.78, 5) is 2.09. The van der Waals surface area contributed by atoms with Crippen LogP contribution in [0.25, 0.3) is 0 Å². The maximum absolute atomic E-state index is 7.38. The molecular formula is C8H13N5. The zero-order chi connectivity index (χ0) is 9.42. The van der Waals surface area contributed by atoms with Gasteiger partial charge >= 0.3 is 0 Å². The average Bonchev–Trinajstić information content (AvgIpc) is 2.49. The summed E-state index contributed by atoms with van der Waals surface area (Å²) in [6.45, 7) is 1.93. The summed E-state index contributed by atoms with van der Waals surface area (Å²) in [6.07, 6.45) is 2.77. The normalized spacial score (nSPS) is 15.6. The van der Waals surface area contributed by atoms with Crippen LogP contribution < -0.4 is 10.6 Å². The molecule has 2 rings (SSSR count). The molecule has 0 saturated heterocycles. The number of aromatic nitrogens is 2. The fourth-order valence-corrected chi connectivity index (χ4v) is 1.70. The van der Waals surface area contributed by atoms with Crippen LogP contribution in [0.5, 0.6) is 0 Å². The molecule has 0 spiro atoms. The van der Waals surface area contributed by atoms with Gasteiger partial charge in [-0.1, -0.05) is 0 Å². The van der Waals surface area contributed by atoms with Crippen molar-refractivity contribution in [3.8, 4) is 0 Å². The number of amidine groups is 1. The van der Waals surface area contributed by atoms with E-state index < -0.39 is 0 Å². The zero-order valence-electron chi connectivity index (χ0n) is 7.62. The van der Waals surface area contributed by atoms with E-state index in [0.717, 1.165) is 30.9 Å². The van der Waals surface area contributed by atoms with Gasteiger partial charge in [0.1, 0.15) is 11.7 Å². The second kappa shape index (κ2) is 2.76. The Balaban J connectivity index is 2.50. The van der Waals surface area contributed by atoms with E-state index in [1.807, 2.05) is 11.7 Å². The van der Waals surface area contributed by atoms with Crippen molar-refractivity contribution in [1.29, 1.82) is 5.41 Å². The van der Waals surface area contributed by atoms with Crippen molar-refractivity contribution in [2.75, 3.05) is 18.5 Å². The molecule has 1 aromatic rings. The number of nitrogens with zero attached hydrogens (tertiary/aromatic N) is 3. The average molecular weight is 179 g/mol. The lowest BCUT2D eigenvalue weighted by molar-refractivity contribution is 0.533. The van der Waals surface area contributed by atoms with Gasteiger partial charge in [-0.05, 0) is 6.42 Å². The van der Waals surface area contributed by atoms with E-state index >= 15 is 0 Å². The molecule has 1 aliphatic rings. The minimum Gasteiger partial charge on any atom is -0.384 e. The molecule has 0 saturated carbocycles. The molecular weight excluding hydrogens is 166 g/mol. The SMILES string of the molecule is CN1CCCn2ncc(C(=N)N)c21. The van der Waals surface area contributed by atoms with Gasteiger partial charge in [-0.15, -0.1) is 0 Å². The minimum absolute atomic E-state index is 0.0926. The van der Waals surface area contributed by atoms with Gasteiger partial charge in [0.2, 0.25) is 0 Å². The molecule has 0 bridgehead atoms. The Labute approximate surface area is 76.6 Å². The van der Waals surface area contributed by atoms with Gasteiger partial charge in [0, 0.05) is 20.1 Å². The quantitative estimate of drug-likeness (QED) is 0.471. The molecule has 0 aromatic carbocycles. The lowest BCUT2D eigenvalue weighted by Crippen LogP contribution is -2.30. The molecule has 0 fully saturated rings. The third-order valence-electron chi connectivity index (χ3n) is 2.33. The Morgan fingerprint density at radius 1 is 1.62 bits per heavy atom. The van der Waals surface area contributed by atoms with Crippen molar-refractivity contribution in [1.82, 2.24) is 9.78 Å². The van der Waals surface area contributed by atoms with E-state index in [-0.39, 0.29) is 5.84 Å². The topological polar surface area (TPSA) is 70.9 Å². The molecule has 13 heavy (non-hydrogen) atoms. The van der Waals surface area contributed by atoms with Crippen molar-refractivity contribution in [3.05, 3.63) is 11.8 Å². The molecule has 1 aliphatic heterocycles. The number of hydrogen-bond donors (Lipinski definition) is 2. The second-order valence-corrected chi connectivity index (χ2v) is 3.29. The van der Waals surface area contributed by atoms with Gasteiger partial charge in [-0.3, -0.25) is 5.41 Å². The van der Waals surface area contributed by atoms with E-state index in [1.54, 1.807) is 6.20 Å². The van der Waals surface area contributed by atoms with Gasteiger partial charge in [0.05, 0.1) is 11.8 Å². The highest BCUT2D eigenvalue weighted by Gasteiger charge is 2.19. The predicted octanol–water partition coefficient (Wildman–Crippen LogP) is 0.00707. The smallest absolute Gasteiger partial charge is 0.137 e. The van der Waals surface area contributed by atoms with Crippen LogP contribution in [-0.2, 0) is 6.54 Å². The van der Waals surface area contributed by atoms with Crippen molar-refractivity contribution in [2.45, 2.75) is 13.0 Å². The fourth-order valence-electron chi connectivity index (χ4n) is 1.70. The van der Waals surface area contributed by atoms with Gasteiger partial charge in [-0.25, -0.2) is 4.68 Å². The zero-order valence-corrected chi connectivity index (χ0v) is 7.62. The number of fused-ring (bicyclic) bond motifs is 1. The first-order valence-corrected chi connectivity index (χ1v) is 4.31. The molecule has 5 nitrogen and oxygen atoms in total. The number of anilines is 1. The molecule has 2 heterocycles. The Kier molecular flexibility index (Phi) is 1.72. The molecule has 3 N–H and O–H groups in total. The van der Waals surface area contributed by atoms with Crippen LogP contribution in [0.3, 0.4) is 0 Å². The van der Waals surface area contributed by atoms with E-state index in [1.165, 1.54) is 0 Å². The summed E-state index contributed by atoms with van der Waals surface area (Å²) in [5.74, 6) is 1.06. The van der Waals surface area contributed by atoms with Crippen LogP contribution in [0.1, 0.15) is 12.0 Å². The summed E-state index contributed by atoms with van der Waals surface area (Å²) in [6, 6.07) is 0. The third-order valence-corrected chi connectivity index (χ3v) is 2.33. The van der Waals surface area contributed by atoms with Crippen LogP contribution >= 0.6 is 0 Å². The summed E-state index contributed by atoms with van der Waals surface area (Å²) >= 11 is 0. The number of nitrogen functional groups attached to an aromatic ring is 1. The second-order valence-electron chi connectivity index (χ2n) is 3.29. The van der Waals surface area contributed by atoms with Crippen molar-refractivity contribution in [3.63, 3.8) is 0 Å². The van der Waals surface area contributed by atoms with Crippen LogP contribution in [-0.4, -0.2) is 29.2 Å². The first-order valence-electron chi connectivity index (χ1n) is 4.31. The van der Waals surface area contributed by atoms with Crippen LogP contribution in [0.15, 0.2) is 6.20 Å². The predicted molar refractivity (Wildman–Crippen MR) is 51.1 cm³/mol. The molecule has 0 atom stereocenters. The Morgan fingerprint density at radius 2 is 2.38 bits per heavy atom. The summed E-state index contributed by atoms with van der Waals surface area (Å²) in [7, 11) is 2.00. The van der Waals surface area contributed by atoms with Crippen LogP contribution in [0.2, 0.25) is 0 Å². The molecule has 0 unspecified atom stereocenters. The maximum Gasteiger partial charge on any atom is 0.137 e. The number of rotatable bonds is 1. The van der Waals surface area contributed by atoms with Gasteiger partial charge in [-0.2, -0.15) is 5.10 Å². The van der Waals surface area contributed by atoms with E-state index in [4.69, 9.17) is 11.1 Å². The molecule has 0 aliphatic carbocycles. The van der Waals surface area contributed by atoms with Gasteiger partial charge in [0.25, 0.3) is 0 Å². The summed E-state index contributed by atoms with van der Waals surface area (Å²) in [5.41, 5.74) is 6.19. The van der Waals surface area contributed by atoms with Gasteiger partial charge < -0.3 is 10.6 Å². The van der Waals surface area contributed by atoms with Crippen molar-refractivity contribution < 1.29 is 0 Å². The van der Waals surface area contributed by atoms with Gasteiger partial charge in [0.15, 0.2) is 0 Å². The number of aryl methyl sites for hydroxylation is 1. The highest BCUT2D eigenvalue weighted by molar-refractivity contribution is 5.99. The molecule has 0 radical (unpaired) electrons. The van der Waals surface area contributed by atoms with Crippen molar-refractivity contribution >= 4 is 11.7 Å². The maximum atomic E-state index is 7.38. The van der Waals surface area contributed by atoms with Crippen LogP contribution in [0, 0.1) is 5.41 Å². The molecule has 5 heteroatoms. The Bertz CT molecular complexity index is 340. The lowest BCUT2D eigenvalue weighted by atomic mass is 10.2. The van der Waals surface area contributed by atoms with Crippen LogP contribution in [0.4, 0.5) is 5.82 Å². The van der Waals surface area contributed by atoms with Crippen molar-refractivity contribution in [2.24, 2.45) is 5.73 Å². The van der Waals surface area contributed by atoms with E-state index in [0.29, 0.717) is 0 Å². The number of hydrogen-bond acceptors (Lipinski definition) is 3. The van der Waals surface area contributed by atoms with E-state index in [9.17, 15) is 0 Å². The lowest BCUT2D eigenvalue weighted by Gasteiger charge is -2.26. The Morgan fingerprint density at radius 3 is 3.08 bits per heavy atom.